The second kappa shape index (κ2) is 6.41. The van der Waals surface area contributed by atoms with Crippen LogP contribution in [0.4, 0.5) is 5.82 Å². The summed E-state index contributed by atoms with van der Waals surface area (Å²) in [4.78, 5) is 26.6. The molecule has 25 heavy (non-hydrogen) atoms. The number of carbonyl (C=O) groups is 1. The first-order valence-electron chi connectivity index (χ1n) is 9.16. The predicted octanol–water partition coefficient (Wildman–Crippen LogP) is 1.81. The molecule has 134 valence electrons. The van der Waals surface area contributed by atoms with Gasteiger partial charge in [0, 0.05) is 44.9 Å². The SMILES string of the molecule is CC1=CCCN(C(=O)C23CCOCC2CN(c2ccnc(C)n2)C3)C1. The number of rotatable bonds is 2. The maximum atomic E-state index is 13.5. The van der Waals surface area contributed by atoms with E-state index in [4.69, 9.17) is 4.74 Å². The summed E-state index contributed by atoms with van der Waals surface area (Å²) in [5, 5.41) is 0. The molecule has 2 atom stereocenters. The molecule has 0 spiro atoms. The average Bonchev–Trinajstić information content (AvgIpc) is 3.02. The van der Waals surface area contributed by atoms with Crippen LogP contribution in [0.5, 0.6) is 0 Å². The second-order valence-electron chi connectivity index (χ2n) is 7.59. The molecular weight excluding hydrogens is 316 g/mol. The van der Waals surface area contributed by atoms with Crippen molar-refractivity contribution in [3.8, 4) is 0 Å². The van der Waals surface area contributed by atoms with E-state index < -0.39 is 0 Å². The van der Waals surface area contributed by atoms with Gasteiger partial charge in [0.15, 0.2) is 0 Å². The molecule has 0 N–H and O–H groups in total. The van der Waals surface area contributed by atoms with Crippen molar-refractivity contribution in [3.63, 3.8) is 0 Å². The van der Waals surface area contributed by atoms with Crippen molar-refractivity contribution >= 4 is 11.7 Å². The lowest BCUT2D eigenvalue weighted by molar-refractivity contribution is -0.150. The minimum absolute atomic E-state index is 0.232. The van der Waals surface area contributed by atoms with E-state index in [1.165, 1.54) is 5.57 Å². The largest absolute Gasteiger partial charge is 0.381 e. The Hall–Kier alpha value is -1.95. The van der Waals surface area contributed by atoms with E-state index in [9.17, 15) is 4.79 Å². The van der Waals surface area contributed by atoms with Crippen molar-refractivity contribution in [2.24, 2.45) is 11.3 Å². The van der Waals surface area contributed by atoms with Gasteiger partial charge in [0.05, 0.1) is 12.0 Å². The Morgan fingerprint density at radius 2 is 2.28 bits per heavy atom. The maximum absolute atomic E-state index is 13.5. The Labute approximate surface area is 148 Å². The fourth-order valence-corrected chi connectivity index (χ4v) is 4.49. The lowest BCUT2D eigenvalue weighted by Gasteiger charge is -2.41. The van der Waals surface area contributed by atoms with Crippen LogP contribution in [0.1, 0.15) is 25.6 Å². The molecule has 6 nitrogen and oxygen atoms in total. The van der Waals surface area contributed by atoms with Crippen LogP contribution in [0.15, 0.2) is 23.9 Å². The van der Waals surface area contributed by atoms with Crippen LogP contribution < -0.4 is 4.90 Å². The number of carbonyl (C=O) groups excluding carboxylic acids is 1. The molecule has 1 amide bonds. The third kappa shape index (κ3) is 2.92. The number of hydrogen-bond acceptors (Lipinski definition) is 5. The molecule has 1 aromatic rings. The number of aromatic nitrogens is 2. The van der Waals surface area contributed by atoms with Crippen LogP contribution in [0.2, 0.25) is 0 Å². The van der Waals surface area contributed by atoms with E-state index >= 15 is 0 Å². The molecule has 6 heteroatoms. The first-order valence-corrected chi connectivity index (χ1v) is 9.16. The Morgan fingerprint density at radius 3 is 3.08 bits per heavy atom. The van der Waals surface area contributed by atoms with Crippen LogP contribution in [-0.4, -0.2) is 60.2 Å². The molecule has 2 unspecified atom stereocenters. The highest BCUT2D eigenvalue weighted by molar-refractivity contribution is 5.85. The highest BCUT2D eigenvalue weighted by Gasteiger charge is 2.55. The zero-order valence-corrected chi connectivity index (χ0v) is 15.1. The molecule has 3 aliphatic rings. The lowest BCUT2D eigenvalue weighted by atomic mass is 9.73. The highest BCUT2D eigenvalue weighted by Crippen LogP contribution is 2.45. The van der Waals surface area contributed by atoms with Crippen LogP contribution in [0.3, 0.4) is 0 Å². The molecule has 0 radical (unpaired) electrons. The van der Waals surface area contributed by atoms with Gasteiger partial charge in [-0.25, -0.2) is 9.97 Å². The molecule has 0 aromatic carbocycles. The number of fused-ring (bicyclic) bond motifs is 1. The van der Waals surface area contributed by atoms with E-state index in [0.29, 0.717) is 19.1 Å². The molecule has 2 saturated heterocycles. The fraction of sp³-hybridized carbons (Fsp3) is 0.632. The molecule has 2 fully saturated rings. The normalized spacial score (nSPS) is 29.4. The average molecular weight is 342 g/mol. The first kappa shape index (κ1) is 16.5. The second-order valence-corrected chi connectivity index (χ2v) is 7.59. The van der Waals surface area contributed by atoms with Crippen LogP contribution in [0, 0.1) is 18.3 Å². The van der Waals surface area contributed by atoms with E-state index in [1.807, 2.05) is 13.0 Å². The van der Waals surface area contributed by atoms with Gasteiger partial charge in [0.2, 0.25) is 5.91 Å². The zero-order valence-electron chi connectivity index (χ0n) is 15.1. The molecule has 1 aromatic heterocycles. The third-order valence-corrected chi connectivity index (χ3v) is 5.84. The summed E-state index contributed by atoms with van der Waals surface area (Å²) in [5.41, 5.74) is 0.954. The van der Waals surface area contributed by atoms with E-state index in [1.54, 1.807) is 6.20 Å². The number of ether oxygens (including phenoxy) is 1. The van der Waals surface area contributed by atoms with Crippen molar-refractivity contribution in [1.29, 1.82) is 0 Å². The van der Waals surface area contributed by atoms with Crippen molar-refractivity contribution in [2.75, 3.05) is 44.3 Å². The standard InChI is InChI=1S/C19H26N4O2/c1-14-4-3-8-22(10-14)18(24)19-6-9-25-12-16(19)11-23(13-19)17-5-7-20-15(2)21-17/h4-5,7,16H,3,6,8-13H2,1-2H3. The number of hydrogen-bond donors (Lipinski definition) is 0. The summed E-state index contributed by atoms with van der Waals surface area (Å²) in [7, 11) is 0. The molecule has 4 heterocycles. The van der Waals surface area contributed by atoms with Gasteiger partial charge in [-0.1, -0.05) is 11.6 Å². The Bertz CT molecular complexity index is 704. The van der Waals surface area contributed by atoms with Gasteiger partial charge in [-0.05, 0) is 32.8 Å². The minimum Gasteiger partial charge on any atom is -0.381 e. The molecule has 4 rings (SSSR count). The van der Waals surface area contributed by atoms with Crippen molar-refractivity contribution < 1.29 is 9.53 Å². The molecule has 0 saturated carbocycles. The quantitative estimate of drug-likeness (QED) is 0.767. The highest BCUT2D eigenvalue weighted by atomic mass is 16.5. The Morgan fingerprint density at radius 1 is 1.40 bits per heavy atom. The Balaban J connectivity index is 1.61. The van der Waals surface area contributed by atoms with Crippen molar-refractivity contribution in [1.82, 2.24) is 14.9 Å². The smallest absolute Gasteiger partial charge is 0.231 e. The van der Waals surface area contributed by atoms with Gasteiger partial charge in [-0.3, -0.25) is 4.79 Å². The van der Waals surface area contributed by atoms with Gasteiger partial charge in [0.1, 0.15) is 11.6 Å². The predicted molar refractivity (Wildman–Crippen MR) is 95.3 cm³/mol. The van der Waals surface area contributed by atoms with Gasteiger partial charge in [-0.2, -0.15) is 0 Å². The monoisotopic (exact) mass is 342 g/mol. The summed E-state index contributed by atoms with van der Waals surface area (Å²) in [6.07, 6.45) is 5.80. The van der Waals surface area contributed by atoms with E-state index in [0.717, 1.165) is 50.7 Å². The maximum Gasteiger partial charge on any atom is 0.231 e. The number of anilines is 1. The van der Waals surface area contributed by atoms with Crippen LogP contribution in [-0.2, 0) is 9.53 Å². The first-order chi connectivity index (χ1) is 12.1. The van der Waals surface area contributed by atoms with E-state index in [-0.39, 0.29) is 11.3 Å². The molecular formula is C19H26N4O2. The van der Waals surface area contributed by atoms with Crippen molar-refractivity contribution in [3.05, 3.63) is 29.7 Å². The van der Waals surface area contributed by atoms with Crippen molar-refractivity contribution in [2.45, 2.75) is 26.7 Å². The van der Waals surface area contributed by atoms with Gasteiger partial charge in [-0.15, -0.1) is 0 Å². The summed E-state index contributed by atoms with van der Waals surface area (Å²) in [6, 6.07) is 1.94. The van der Waals surface area contributed by atoms with E-state index in [2.05, 4.69) is 32.8 Å². The third-order valence-electron chi connectivity index (χ3n) is 5.84. The zero-order chi connectivity index (χ0) is 17.4. The minimum atomic E-state index is -0.339. The molecule has 3 aliphatic heterocycles. The van der Waals surface area contributed by atoms with Gasteiger partial charge < -0.3 is 14.5 Å². The van der Waals surface area contributed by atoms with Crippen LogP contribution in [0.25, 0.3) is 0 Å². The number of amides is 1. The summed E-state index contributed by atoms with van der Waals surface area (Å²) < 4.78 is 5.73. The molecule has 0 bridgehead atoms. The van der Waals surface area contributed by atoms with Crippen LogP contribution >= 0.6 is 0 Å². The summed E-state index contributed by atoms with van der Waals surface area (Å²) in [6.45, 7) is 8.50. The Kier molecular flexibility index (Phi) is 4.23. The summed E-state index contributed by atoms with van der Waals surface area (Å²) >= 11 is 0. The topological polar surface area (TPSA) is 58.6 Å². The summed E-state index contributed by atoms with van der Waals surface area (Å²) in [5.74, 6) is 2.22. The lowest BCUT2D eigenvalue weighted by Crippen LogP contribution is -2.53. The molecule has 0 aliphatic carbocycles. The number of nitrogens with zero attached hydrogens (tertiary/aromatic N) is 4. The van der Waals surface area contributed by atoms with Gasteiger partial charge >= 0.3 is 0 Å². The fourth-order valence-electron chi connectivity index (χ4n) is 4.49. The van der Waals surface area contributed by atoms with Gasteiger partial charge in [0.25, 0.3) is 0 Å². The number of aryl methyl sites for hydroxylation is 1.